The molecule has 2 N–H and O–H groups in total. The highest BCUT2D eigenvalue weighted by atomic mass is 32.2. The van der Waals surface area contributed by atoms with Gasteiger partial charge >= 0.3 is 0 Å². The highest BCUT2D eigenvalue weighted by Gasteiger charge is 2.15. The molecule has 2 rings (SSSR count). The van der Waals surface area contributed by atoms with Crippen molar-refractivity contribution >= 4 is 21.6 Å². The van der Waals surface area contributed by atoms with Gasteiger partial charge < -0.3 is 5.32 Å². The minimum Gasteiger partial charge on any atom is -0.350 e. The number of carbonyl (C=O) groups is 1. The van der Waals surface area contributed by atoms with Gasteiger partial charge in [0.25, 0.3) is 15.9 Å². The molecule has 0 heterocycles. The SMILES string of the molecule is CCC[C@@H](C)NC(=O)c1cccc(NS(=O)(=O)c2ccc(C)cc2)c1. The van der Waals surface area contributed by atoms with Crippen LogP contribution in [0.15, 0.2) is 53.4 Å². The molecule has 2 aromatic rings. The lowest BCUT2D eigenvalue weighted by Crippen LogP contribution is -2.32. The predicted molar refractivity (Wildman–Crippen MR) is 100 cm³/mol. The minimum absolute atomic E-state index is 0.0745. The first-order chi connectivity index (χ1) is 11.8. The molecule has 25 heavy (non-hydrogen) atoms. The molecule has 0 aromatic heterocycles. The van der Waals surface area contributed by atoms with Crippen LogP contribution < -0.4 is 10.0 Å². The van der Waals surface area contributed by atoms with Gasteiger partial charge in [-0.1, -0.05) is 37.1 Å². The monoisotopic (exact) mass is 360 g/mol. The molecule has 0 fully saturated rings. The fraction of sp³-hybridized carbons (Fsp3) is 0.316. The second kappa shape index (κ2) is 8.16. The minimum atomic E-state index is -3.69. The first-order valence-corrected chi connectivity index (χ1v) is 9.80. The number of sulfonamides is 1. The van der Waals surface area contributed by atoms with Crippen LogP contribution in [0.25, 0.3) is 0 Å². The van der Waals surface area contributed by atoms with E-state index in [2.05, 4.69) is 17.0 Å². The van der Waals surface area contributed by atoms with Crippen LogP contribution >= 0.6 is 0 Å². The lowest BCUT2D eigenvalue weighted by atomic mass is 10.1. The molecular formula is C19H24N2O3S. The highest BCUT2D eigenvalue weighted by Crippen LogP contribution is 2.18. The summed E-state index contributed by atoms with van der Waals surface area (Å²) in [7, 11) is -3.69. The maximum Gasteiger partial charge on any atom is 0.261 e. The molecule has 0 spiro atoms. The number of rotatable bonds is 7. The van der Waals surface area contributed by atoms with E-state index in [0.717, 1.165) is 18.4 Å². The Morgan fingerprint density at radius 1 is 1.12 bits per heavy atom. The summed E-state index contributed by atoms with van der Waals surface area (Å²) in [5, 5.41) is 2.91. The molecule has 0 bridgehead atoms. The molecule has 1 atom stereocenters. The summed E-state index contributed by atoms with van der Waals surface area (Å²) < 4.78 is 27.4. The number of hydrogen-bond acceptors (Lipinski definition) is 3. The van der Waals surface area contributed by atoms with E-state index in [1.165, 1.54) is 0 Å². The van der Waals surface area contributed by atoms with Crippen LogP contribution in [-0.2, 0) is 10.0 Å². The average Bonchev–Trinajstić information content (AvgIpc) is 2.55. The van der Waals surface area contributed by atoms with E-state index in [-0.39, 0.29) is 16.8 Å². The van der Waals surface area contributed by atoms with Gasteiger partial charge in [-0.25, -0.2) is 8.42 Å². The van der Waals surface area contributed by atoms with Gasteiger partial charge in [0.2, 0.25) is 0 Å². The fourth-order valence-corrected chi connectivity index (χ4v) is 3.52. The number of benzene rings is 2. The normalized spacial score (nSPS) is 12.4. The summed E-state index contributed by atoms with van der Waals surface area (Å²) in [6.45, 7) is 5.90. The van der Waals surface area contributed by atoms with Crippen molar-refractivity contribution in [3.8, 4) is 0 Å². The van der Waals surface area contributed by atoms with E-state index in [0.29, 0.717) is 11.3 Å². The van der Waals surface area contributed by atoms with Crippen LogP contribution in [-0.4, -0.2) is 20.4 Å². The first kappa shape index (κ1) is 19.0. The van der Waals surface area contributed by atoms with Crippen LogP contribution in [0.1, 0.15) is 42.6 Å². The van der Waals surface area contributed by atoms with Crippen molar-refractivity contribution < 1.29 is 13.2 Å². The molecule has 0 aliphatic heterocycles. The molecule has 0 aliphatic rings. The summed E-state index contributed by atoms with van der Waals surface area (Å²) in [5.41, 5.74) is 1.77. The Morgan fingerprint density at radius 2 is 1.80 bits per heavy atom. The van der Waals surface area contributed by atoms with E-state index in [9.17, 15) is 13.2 Å². The van der Waals surface area contributed by atoms with Crippen LogP contribution in [0.5, 0.6) is 0 Å². The Hall–Kier alpha value is -2.34. The third-order valence-electron chi connectivity index (χ3n) is 3.81. The smallest absolute Gasteiger partial charge is 0.261 e. The van der Waals surface area contributed by atoms with E-state index in [4.69, 9.17) is 0 Å². The van der Waals surface area contributed by atoms with E-state index in [1.54, 1.807) is 48.5 Å². The number of amides is 1. The van der Waals surface area contributed by atoms with Crippen LogP contribution in [0, 0.1) is 6.92 Å². The molecule has 0 radical (unpaired) electrons. The van der Waals surface area contributed by atoms with Crippen molar-refractivity contribution in [2.24, 2.45) is 0 Å². The molecule has 6 heteroatoms. The summed E-state index contributed by atoms with van der Waals surface area (Å²) in [5.74, 6) is -0.211. The molecule has 0 saturated carbocycles. The van der Waals surface area contributed by atoms with Crippen molar-refractivity contribution in [3.63, 3.8) is 0 Å². The third-order valence-corrected chi connectivity index (χ3v) is 5.20. The standard InChI is InChI=1S/C19H24N2O3S/c1-4-6-15(3)20-19(22)16-7-5-8-17(13-16)21-25(23,24)18-11-9-14(2)10-12-18/h5,7-13,15,21H,4,6H2,1-3H3,(H,20,22)/t15-/m1/s1. The lowest BCUT2D eigenvalue weighted by Gasteiger charge is -2.14. The molecule has 0 aliphatic carbocycles. The second-order valence-corrected chi connectivity index (χ2v) is 7.84. The average molecular weight is 360 g/mol. The largest absolute Gasteiger partial charge is 0.350 e. The number of nitrogens with one attached hydrogen (secondary N) is 2. The van der Waals surface area contributed by atoms with E-state index < -0.39 is 10.0 Å². The van der Waals surface area contributed by atoms with Gasteiger partial charge in [-0.15, -0.1) is 0 Å². The van der Waals surface area contributed by atoms with E-state index in [1.807, 2.05) is 13.8 Å². The molecule has 0 unspecified atom stereocenters. The van der Waals surface area contributed by atoms with Crippen molar-refractivity contribution in [2.75, 3.05) is 4.72 Å². The van der Waals surface area contributed by atoms with Crippen molar-refractivity contribution in [1.29, 1.82) is 0 Å². The maximum atomic E-state index is 12.4. The van der Waals surface area contributed by atoms with Crippen LogP contribution in [0.2, 0.25) is 0 Å². The number of aryl methyl sites for hydroxylation is 1. The van der Waals surface area contributed by atoms with Gasteiger partial charge in [0.15, 0.2) is 0 Å². The molecule has 1 amide bonds. The van der Waals surface area contributed by atoms with Gasteiger partial charge in [-0.05, 0) is 50.6 Å². The molecular weight excluding hydrogens is 336 g/mol. The van der Waals surface area contributed by atoms with Gasteiger partial charge in [-0.2, -0.15) is 0 Å². The molecule has 134 valence electrons. The van der Waals surface area contributed by atoms with Crippen LogP contribution in [0.4, 0.5) is 5.69 Å². The van der Waals surface area contributed by atoms with Crippen molar-refractivity contribution in [1.82, 2.24) is 5.32 Å². The Labute approximate surface area is 149 Å². The zero-order valence-electron chi connectivity index (χ0n) is 14.7. The van der Waals surface area contributed by atoms with Gasteiger partial charge in [0, 0.05) is 17.3 Å². The maximum absolute atomic E-state index is 12.4. The van der Waals surface area contributed by atoms with Crippen molar-refractivity contribution in [3.05, 3.63) is 59.7 Å². The van der Waals surface area contributed by atoms with Gasteiger partial charge in [0.05, 0.1) is 4.90 Å². The molecule has 2 aromatic carbocycles. The lowest BCUT2D eigenvalue weighted by molar-refractivity contribution is 0.0938. The molecule has 0 saturated heterocycles. The van der Waals surface area contributed by atoms with Gasteiger partial charge in [-0.3, -0.25) is 9.52 Å². The predicted octanol–water partition coefficient (Wildman–Crippen LogP) is 3.71. The summed E-state index contributed by atoms with van der Waals surface area (Å²) in [6.07, 6.45) is 1.88. The number of anilines is 1. The zero-order chi connectivity index (χ0) is 18.4. The zero-order valence-corrected chi connectivity index (χ0v) is 15.6. The topological polar surface area (TPSA) is 75.3 Å². The Balaban J connectivity index is 2.15. The molecule has 5 nitrogen and oxygen atoms in total. The Morgan fingerprint density at radius 3 is 2.44 bits per heavy atom. The third kappa shape index (κ3) is 5.32. The fourth-order valence-electron chi connectivity index (χ4n) is 2.47. The number of carbonyl (C=O) groups excluding carboxylic acids is 1. The number of hydrogen-bond donors (Lipinski definition) is 2. The highest BCUT2D eigenvalue weighted by molar-refractivity contribution is 7.92. The summed E-state index contributed by atoms with van der Waals surface area (Å²) >= 11 is 0. The Kier molecular flexibility index (Phi) is 6.20. The van der Waals surface area contributed by atoms with E-state index >= 15 is 0 Å². The Bertz CT molecular complexity index is 830. The van der Waals surface area contributed by atoms with Crippen LogP contribution in [0.3, 0.4) is 0 Å². The quantitative estimate of drug-likeness (QED) is 0.790. The van der Waals surface area contributed by atoms with Gasteiger partial charge in [0.1, 0.15) is 0 Å². The summed E-state index contributed by atoms with van der Waals surface area (Å²) in [6, 6.07) is 13.2. The first-order valence-electron chi connectivity index (χ1n) is 8.32. The summed E-state index contributed by atoms with van der Waals surface area (Å²) in [4.78, 5) is 12.5. The second-order valence-electron chi connectivity index (χ2n) is 6.16. The van der Waals surface area contributed by atoms with Crippen molar-refractivity contribution in [2.45, 2.75) is 44.6 Å².